The third-order valence-corrected chi connectivity index (χ3v) is 0.921. The molecule has 13 heavy (non-hydrogen) atoms. The van der Waals surface area contributed by atoms with Gasteiger partial charge in [-0.3, -0.25) is 4.98 Å². The predicted octanol–water partition coefficient (Wildman–Crippen LogP) is 2.96. The van der Waals surface area contributed by atoms with Crippen LogP contribution in [-0.2, 0) is 0 Å². The lowest BCUT2D eigenvalue weighted by molar-refractivity contribution is 1.12. The molecule has 0 atom stereocenters. The lowest BCUT2D eigenvalue weighted by atomic mass is 10.6. The van der Waals surface area contributed by atoms with Crippen LogP contribution in [0.5, 0.6) is 0 Å². The maximum atomic E-state index is 3.99. The Hall–Kier alpha value is -1.12. The number of hydrogen-bond acceptors (Lipinski definition) is 3. The van der Waals surface area contributed by atoms with Crippen LogP contribution in [-0.4, -0.2) is 16.5 Å². The first-order valence-corrected chi connectivity index (χ1v) is 4.93. The van der Waals surface area contributed by atoms with Gasteiger partial charge >= 0.3 is 0 Å². The Morgan fingerprint density at radius 3 is 2.15 bits per heavy atom. The van der Waals surface area contributed by atoms with Crippen molar-refractivity contribution in [1.82, 2.24) is 9.97 Å². The van der Waals surface area contributed by atoms with Crippen LogP contribution in [0.25, 0.3) is 0 Å². The van der Waals surface area contributed by atoms with Crippen molar-refractivity contribution in [2.75, 3.05) is 11.9 Å². The molecule has 0 amide bonds. The van der Waals surface area contributed by atoms with Crippen LogP contribution in [0.4, 0.5) is 5.82 Å². The van der Waals surface area contributed by atoms with Crippen molar-refractivity contribution >= 4 is 5.82 Å². The van der Waals surface area contributed by atoms with E-state index < -0.39 is 0 Å². The number of nitrogens with one attached hydrogen (secondary N) is 1. The summed E-state index contributed by atoms with van der Waals surface area (Å²) in [5.74, 6) is 0.833. The van der Waals surface area contributed by atoms with Gasteiger partial charge in [0.25, 0.3) is 0 Å². The molecule has 1 rings (SSSR count). The van der Waals surface area contributed by atoms with Crippen LogP contribution in [0.3, 0.4) is 0 Å². The van der Waals surface area contributed by atoms with E-state index in [0.29, 0.717) is 0 Å². The molecule has 0 saturated carbocycles. The minimum absolute atomic E-state index is 0.833. The van der Waals surface area contributed by atoms with Crippen LogP contribution in [0, 0.1) is 0 Å². The lowest BCUT2D eigenvalue weighted by Crippen LogP contribution is -1.98. The average Bonchev–Trinajstić information content (AvgIpc) is 2.26. The Balaban J connectivity index is 0. The minimum atomic E-state index is 0.833. The zero-order chi connectivity index (χ0) is 10.5. The molecule has 1 heterocycles. The number of rotatable bonds is 2. The lowest BCUT2D eigenvalue weighted by Gasteiger charge is -1.97. The molecule has 0 saturated heterocycles. The van der Waals surface area contributed by atoms with E-state index in [1.807, 2.05) is 34.6 Å². The van der Waals surface area contributed by atoms with E-state index in [9.17, 15) is 0 Å². The molecule has 0 spiro atoms. The zero-order valence-corrected chi connectivity index (χ0v) is 9.33. The van der Waals surface area contributed by atoms with Crippen LogP contribution >= 0.6 is 0 Å². The summed E-state index contributed by atoms with van der Waals surface area (Å²) in [5.41, 5.74) is 0. The highest BCUT2D eigenvalue weighted by atomic mass is 15.0. The molecule has 0 aliphatic carbocycles. The molecular weight excluding hydrogens is 162 g/mol. The largest absolute Gasteiger partial charge is 0.369 e. The van der Waals surface area contributed by atoms with E-state index >= 15 is 0 Å². The molecule has 0 radical (unpaired) electrons. The number of aromatic nitrogens is 2. The van der Waals surface area contributed by atoms with Crippen LogP contribution < -0.4 is 5.32 Å². The van der Waals surface area contributed by atoms with Gasteiger partial charge in [-0.15, -0.1) is 0 Å². The van der Waals surface area contributed by atoms with Crippen molar-refractivity contribution < 1.29 is 0 Å². The fourth-order valence-electron chi connectivity index (χ4n) is 0.571. The van der Waals surface area contributed by atoms with Gasteiger partial charge in [0, 0.05) is 18.9 Å². The van der Waals surface area contributed by atoms with Gasteiger partial charge in [-0.05, 0) is 6.92 Å². The Morgan fingerprint density at radius 2 is 1.77 bits per heavy atom. The fourth-order valence-corrected chi connectivity index (χ4v) is 0.571. The Kier molecular flexibility index (Phi) is 14.9. The fraction of sp³-hybridized carbons (Fsp3) is 0.600. The average molecular weight is 183 g/mol. The summed E-state index contributed by atoms with van der Waals surface area (Å²) in [6.07, 6.45) is 5.02. The van der Waals surface area contributed by atoms with Gasteiger partial charge in [-0.2, -0.15) is 0 Å². The third kappa shape index (κ3) is 8.79. The summed E-state index contributed by atoms with van der Waals surface area (Å²) in [6.45, 7) is 10.9. The van der Waals surface area contributed by atoms with E-state index in [4.69, 9.17) is 0 Å². The molecule has 3 nitrogen and oxygen atoms in total. The zero-order valence-electron chi connectivity index (χ0n) is 9.33. The van der Waals surface area contributed by atoms with E-state index in [1.54, 1.807) is 18.6 Å². The van der Waals surface area contributed by atoms with E-state index in [0.717, 1.165) is 12.4 Å². The molecular formula is C10H21N3. The highest BCUT2D eigenvalue weighted by Crippen LogP contribution is 1.93. The van der Waals surface area contributed by atoms with Gasteiger partial charge in [0.2, 0.25) is 0 Å². The Bertz CT molecular complexity index is 163. The second-order valence-corrected chi connectivity index (χ2v) is 1.62. The second kappa shape index (κ2) is 13.5. The first-order chi connectivity index (χ1) is 6.43. The molecule has 0 bridgehead atoms. The summed E-state index contributed by atoms with van der Waals surface area (Å²) in [5, 5.41) is 3.03. The Labute approximate surface area is 81.6 Å². The van der Waals surface area contributed by atoms with E-state index in [2.05, 4.69) is 15.3 Å². The first-order valence-electron chi connectivity index (χ1n) is 4.93. The summed E-state index contributed by atoms with van der Waals surface area (Å²) in [4.78, 5) is 7.87. The number of anilines is 1. The van der Waals surface area contributed by atoms with Crippen molar-refractivity contribution in [3.05, 3.63) is 18.6 Å². The smallest absolute Gasteiger partial charge is 0.144 e. The predicted molar refractivity (Wildman–Crippen MR) is 58.9 cm³/mol. The van der Waals surface area contributed by atoms with Crippen molar-refractivity contribution in [3.8, 4) is 0 Å². The summed E-state index contributed by atoms with van der Waals surface area (Å²) >= 11 is 0. The molecule has 0 aromatic carbocycles. The van der Waals surface area contributed by atoms with E-state index in [1.165, 1.54) is 0 Å². The van der Waals surface area contributed by atoms with E-state index in [-0.39, 0.29) is 0 Å². The quantitative estimate of drug-likeness (QED) is 0.766. The van der Waals surface area contributed by atoms with Crippen LogP contribution in [0.15, 0.2) is 18.6 Å². The SMILES string of the molecule is CC.CC.CCNc1cnccn1. The second-order valence-electron chi connectivity index (χ2n) is 1.62. The topological polar surface area (TPSA) is 37.8 Å². The molecule has 1 N–H and O–H groups in total. The van der Waals surface area contributed by atoms with Crippen molar-refractivity contribution in [2.45, 2.75) is 34.6 Å². The maximum absolute atomic E-state index is 3.99. The highest BCUT2D eigenvalue weighted by molar-refractivity contribution is 5.28. The molecule has 0 aliphatic rings. The van der Waals surface area contributed by atoms with Gasteiger partial charge in [-0.25, -0.2) is 4.98 Å². The van der Waals surface area contributed by atoms with Crippen molar-refractivity contribution in [1.29, 1.82) is 0 Å². The highest BCUT2D eigenvalue weighted by Gasteiger charge is 1.84. The number of hydrogen-bond donors (Lipinski definition) is 1. The standard InChI is InChI=1S/C6H9N3.2C2H6/c1-2-8-6-5-7-3-4-9-6;2*1-2/h3-5H,2H2,1H3,(H,8,9);2*1-2H3. The molecule has 76 valence electrons. The third-order valence-electron chi connectivity index (χ3n) is 0.921. The molecule has 1 aromatic heterocycles. The van der Waals surface area contributed by atoms with Crippen molar-refractivity contribution in [3.63, 3.8) is 0 Å². The summed E-state index contributed by atoms with van der Waals surface area (Å²) < 4.78 is 0. The maximum Gasteiger partial charge on any atom is 0.144 e. The summed E-state index contributed by atoms with van der Waals surface area (Å²) in [6, 6.07) is 0. The van der Waals surface area contributed by atoms with Crippen LogP contribution in [0.1, 0.15) is 34.6 Å². The van der Waals surface area contributed by atoms with Gasteiger partial charge in [-0.1, -0.05) is 27.7 Å². The minimum Gasteiger partial charge on any atom is -0.369 e. The molecule has 0 unspecified atom stereocenters. The molecule has 0 fully saturated rings. The number of nitrogens with zero attached hydrogens (tertiary/aromatic N) is 2. The molecule has 0 aliphatic heterocycles. The summed E-state index contributed by atoms with van der Waals surface area (Å²) in [7, 11) is 0. The monoisotopic (exact) mass is 183 g/mol. The first kappa shape index (κ1) is 14.4. The van der Waals surface area contributed by atoms with Gasteiger partial charge in [0.1, 0.15) is 5.82 Å². The molecule has 3 heteroatoms. The Morgan fingerprint density at radius 1 is 1.15 bits per heavy atom. The normalized spacial score (nSPS) is 7.15. The van der Waals surface area contributed by atoms with Gasteiger partial charge in [0.15, 0.2) is 0 Å². The molecule has 1 aromatic rings. The van der Waals surface area contributed by atoms with Gasteiger partial charge in [0.05, 0.1) is 6.20 Å². The van der Waals surface area contributed by atoms with Gasteiger partial charge < -0.3 is 5.32 Å². The van der Waals surface area contributed by atoms with Crippen LogP contribution in [0.2, 0.25) is 0 Å². The van der Waals surface area contributed by atoms with Crippen molar-refractivity contribution in [2.24, 2.45) is 0 Å².